The fraction of sp³-hybridized carbons (Fsp3) is 0.0769. The van der Waals surface area contributed by atoms with Crippen molar-refractivity contribution in [3.63, 3.8) is 0 Å². The molecular weight excluding hydrogens is 310 g/mol. The molecule has 3 N–H and O–H groups in total. The van der Waals surface area contributed by atoms with Gasteiger partial charge in [0.05, 0.1) is 12.2 Å². The minimum atomic E-state index is 0.367. The van der Waals surface area contributed by atoms with Crippen molar-refractivity contribution >= 4 is 38.8 Å². The fourth-order valence-electron chi connectivity index (χ4n) is 1.61. The van der Waals surface area contributed by atoms with Crippen molar-refractivity contribution in [1.29, 1.82) is 0 Å². The van der Waals surface area contributed by atoms with Crippen LogP contribution in [0.2, 0.25) is 0 Å². The van der Waals surface area contributed by atoms with Crippen LogP contribution in [0.5, 0.6) is 0 Å². The molecule has 0 fully saturated rings. The molecule has 0 radical (unpaired) electrons. The Bertz CT molecular complexity index is 557. The Morgan fingerprint density at radius 2 is 2.11 bits per heavy atom. The molecule has 0 spiro atoms. The van der Waals surface area contributed by atoms with Gasteiger partial charge in [0.1, 0.15) is 4.99 Å². The van der Waals surface area contributed by atoms with E-state index >= 15 is 0 Å². The SMILES string of the molecule is NC(=S)c1c(Br)cccc1NCc1ccccn1. The van der Waals surface area contributed by atoms with Crippen molar-refractivity contribution in [1.82, 2.24) is 4.98 Å². The van der Waals surface area contributed by atoms with Crippen LogP contribution in [0.1, 0.15) is 11.3 Å². The Morgan fingerprint density at radius 3 is 2.78 bits per heavy atom. The van der Waals surface area contributed by atoms with Crippen LogP contribution in [-0.2, 0) is 6.54 Å². The Hall–Kier alpha value is -1.46. The van der Waals surface area contributed by atoms with Gasteiger partial charge in [-0.25, -0.2) is 0 Å². The first kappa shape index (κ1) is 13.0. The first-order valence-electron chi connectivity index (χ1n) is 5.40. The van der Waals surface area contributed by atoms with Crippen LogP contribution in [0.4, 0.5) is 5.69 Å². The summed E-state index contributed by atoms with van der Waals surface area (Å²) in [6.07, 6.45) is 1.77. The molecule has 1 aromatic carbocycles. The zero-order valence-corrected chi connectivity index (χ0v) is 12.0. The average Bonchev–Trinajstić information content (AvgIpc) is 2.37. The third-order valence-electron chi connectivity index (χ3n) is 2.45. The quantitative estimate of drug-likeness (QED) is 0.850. The number of aromatic nitrogens is 1. The minimum Gasteiger partial charge on any atom is -0.389 e. The molecule has 0 atom stereocenters. The number of halogens is 1. The molecule has 3 nitrogen and oxygen atoms in total. The number of hydrogen-bond acceptors (Lipinski definition) is 3. The Morgan fingerprint density at radius 1 is 1.28 bits per heavy atom. The van der Waals surface area contributed by atoms with Crippen molar-refractivity contribution in [3.05, 3.63) is 58.3 Å². The first-order chi connectivity index (χ1) is 8.68. The highest BCUT2D eigenvalue weighted by atomic mass is 79.9. The third-order valence-corrected chi connectivity index (χ3v) is 3.31. The van der Waals surface area contributed by atoms with Gasteiger partial charge in [-0.05, 0) is 40.2 Å². The molecule has 5 heteroatoms. The molecule has 0 bridgehead atoms. The van der Waals surface area contributed by atoms with Gasteiger partial charge in [-0.2, -0.15) is 0 Å². The Kier molecular flexibility index (Phi) is 4.28. The molecule has 2 rings (SSSR count). The van der Waals surface area contributed by atoms with E-state index in [1.165, 1.54) is 0 Å². The van der Waals surface area contributed by atoms with Gasteiger partial charge in [0.25, 0.3) is 0 Å². The van der Waals surface area contributed by atoms with E-state index in [9.17, 15) is 0 Å². The lowest BCUT2D eigenvalue weighted by atomic mass is 10.1. The molecule has 1 aromatic heterocycles. The number of rotatable bonds is 4. The van der Waals surface area contributed by atoms with E-state index in [-0.39, 0.29) is 0 Å². The van der Waals surface area contributed by atoms with Crippen LogP contribution in [0.15, 0.2) is 47.1 Å². The van der Waals surface area contributed by atoms with E-state index in [2.05, 4.69) is 26.2 Å². The van der Waals surface area contributed by atoms with Gasteiger partial charge in [0, 0.05) is 21.9 Å². The predicted octanol–water partition coefficient (Wildman–Crippen LogP) is 3.09. The van der Waals surface area contributed by atoms with Crippen LogP contribution in [0, 0.1) is 0 Å². The molecule has 0 amide bonds. The summed E-state index contributed by atoms with van der Waals surface area (Å²) in [5, 5.41) is 3.29. The van der Waals surface area contributed by atoms with Gasteiger partial charge in [-0.15, -0.1) is 0 Å². The highest BCUT2D eigenvalue weighted by molar-refractivity contribution is 9.10. The summed E-state index contributed by atoms with van der Waals surface area (Å²) in [6, 6.07) is 11.6. The van der Waals surface area contributed by atoms with E-state index < -0.39 is 0 Å². The highest BCUT2D eigenvalue weighted by Gasteiger charge is 2.08. The van der Waals surface area contributed by atoms with Crippen molar-refractivity contribution in [3.8, 4) is 0 Å². The van der Waals surface area contributed by atoms with Gasteiger partial charge in [0.2, 0.25) is 0 Å². The molecule has 0 saturated heterocycles. The average molecular weight is 322 g/mol. The summed E-state index contributed by atoms with van der Waals surface area (Å²) in [6.45, 7) is 0.632. The second-order valence-corrected chi connectivity index (χ2v) is 5.00. The monoisotopic (exact) mass is 321 g/mol. The van der Waals surface area contributed by atoms with Crippen molar-refractivity contribution in [2.45, 2.75) is 6.54 Å². The number of hydrogen-bond donors (Lipinski definition) is 2. The van der Waals surface area contributed by atoms with Gasteiger partial charge < -0.3 is 11.1 Å². The lowest BCUT2D eigenvalue weighted by molar-refractivity contribution is 1.04. The maximum absolute atomic E-state index is 5.73. The molecule has 92 valence electrons. The highest BCUT2D eigenvalue weighted by Crippen LogP contribution is 2.25. The van der Waals surface area contributed by atoms with Gasteiger partial charge in [-0.3, -0.25) is 4.98 Å². The molecule has 2 aromatic rings. The zero-order valence-electron chi connectivity index (χ0n) is 9.56. The summed E-state index contributed by atoms with van der Waals surface area (Å²) in [4.78, 5) is 4.62. The number of nitrogens with zero attached hydrogens (tertiary/aromatic N) is 1. The van der Waals surface area contributed by atoms with E-state index in [1.807, 2.05) is 36.4 Å². The largest absolute Gasteiger partial charge is 0.389 e. The summed E-state index contributed by atoms with van der Waals surface area (Å²) < 4.78 is 0.890. The van der Waals surface area contributed by atoms with Crippen molar-refractivity contribution < 1.29 is 0 Å². The number of thiocarbonyl (C=S) groups is 1. The molecule has 1 heterocycles. The fourth-order valence-corrected chi connectivity index (χ4v) is 2.54. The maximum Gasteiger partial charge on any atom is 0.107 e. The number of benzene rings is 1. The second kappa shape index (κ2) is 5.93. The van der Waals surface area contributed by atoms with E-state index in [0.717, 1.165) is 21.4 Å². The van der Waals surface area contributed by atoms with Crippen LogP contribution in [-0.4, -0.2) is 9.97 Å². The van der Waals surface area contributed by atoms with Crippen LogP contribution in [0.25, 0.3) is 0 Å². The van der Waals surface area contributed by atoms with Crippen LogP contribution < -0.4 is 11.1 Å². The summed E-state index contributed by atoms with van der Waals surface area (Å²) >= 11 is 8.51. The molecular formula is C13H12BrN3S. The van der Waals surface area contributed by atoms with Gasteiger partial charge >= 0.3 is 0 Å². The van der Waals surface area contributed by atoms with E-state index in [0.29, 0.717) is 11.5 Å². The van der Waals surface area contributed by atoms with Crippen LogP contribution >= 0.6 is 28.1 Å². The summed E-state index contributed by atoms with van der Waals surface area (Å²) in [5.74, 6) is 0. The molecule has 0 aliphatic heterocycles. The number of pyridine rings is 1. The number of nitrogens with one attached hydrogen (secondary N) is 1. The van der Waals surface area contributed by atoms with Crippen LogP contribution in [0.3, 0.4) is 0 Å². The number of nitrogens with two attached hydrogens (primary N) is 1. The van der Waals surface area contributed by atoms with Gasteiger partial charge in [-0.1, -0.05) is 24.4 Å². The molecule has 0 aliphatic rings. The topological polar surface area (TPSA) is 50.9 Å². The van der Waals surface area contributed by atoms with Crippen molar-refractivity contribution in [2.24, 2.45) is 5.73 Å². The van der Waals surface area contributed by atoms with E-state index in [4.69, 9.17) is 18.0 Å². The van der Waals surface area contributed by atoms with Gasteiger partial charge in [0.15, 0.2) is 0 Å². The maximum atomic E-state index is 5.73. The summed E-state index contributed by atoms with van der Waals surface area (Å²) in [7, 11) is 0. The van der Waals surface area contributed by atoms with Crippen molar-refractivity contribution in [2.75, 3.05) is 5.32 Å². The van der Waals surface area contributed by atoms with E-state index in [1.54, 1.807) is 6.20 Å². The predicted molar refractivity (Wildman–Crippen MR) is 81.6 cm³/mol. The normalized spacial score (nSPS) is 10.1. The standard InChI is InChI=1S/C13H12BrN3S/c14-10-5-3-6-11(12(10)13(15)18)17-8-9-4-1-2-7-16-9/h1-7,17H,8H2,(H2,15,18). The molecule has 18 heavy (non-hydrogen) atoms. The zero-order chi connectivity index (χ0) is 13.0. The lowest BCUT2D eigenvalue weighted by Gasteiger charge is -2.12. The Labute approximate surface area is 120 Å². The smallest absolute Gasteiger partial charge is 0.107 e. The third kappa shape index (κ3) is 3.05. The second-order valence-electron chi connectivity index (χ2n) is 3.70. The first-order valence-corrected chi connectivity index (χ1v) is 6.60. The molecule has 0 unspecified atom stereocenters. The number of anilines is 1. The molecule has 0 aliphatic carbocycles. The minimum absolute atomic E-state index is 0.367. The summed E-state index contributed by atoms with van der Waals surface area (Å²) in [5.41, 5.74) is 8.42. The molecule has 0 saturated carbocycles. The lowest BCUT2D eigenvalue weighted by Crippen LogP contribution is -2.14. The Balaban J connectivity index is 2.20.